The van der Waals surface area contributed by atoms with E-state index in [0.717, 1.165) is 41.2 Å². The normalized spacial score (nSPS) is 21.7. The SMILES string of the molecule is CCCOc1ccc(N2C(=O)C[C@H]([NH+]3CC=C(c4ccc(F)cc4)CC3)C2=O)cc1. The lowest BCUT2D eigenvalue weighted by molar-refractivity contribution is -0.909. The maximum absolute atomic E-state index is 13.1. The van der Waals surface area contributed by atoms with Crippen LogP contribution in [0.25, 0.3) is 5.57 Å². The van der Waals surface area contributed by atoms with Gasteiger partial charge < -0.3 is 9.64 Å². The molecule has 2 amide bonds. The maximum Gasteiger partial charge on any atom is 0.292 e. The fraction of sp³-hybridized carbons (Fsp3) is 0.333. The zero-order valence-electron chi connectivity index (χ0n) is 17.1. The molecule has 0 aromatic heterocycles. The van der Waals surface area contributed by atoms with Crippen LogP contribution >= 0.6 is 0 Å². The van der Waals surface area contributed by atoms with Crippen LogP contribution in [0.4, 0.5) is 10.1 Å². The third-order valence-corrected chi connectivity index (χ3v) is 5.75. The Morgan fingerprint density at radius 3 is 2.47 bits per heavy atom. The third kappa shape index (κ3) is 4.14. The van der Waals surface area contributed by atoms with Crippen LogP contribution in [0.15, 0.2) is 54.6 Å². The minimum Gasteiger partial charge on any atom is -0.494 e. The number of carbonyl (C=O) groups is 2. The minimum absolute atomic E-state index is 0.143. The Hall–Kier alpha value is -2.99. The Kier molecular flexibility index (Phi) is 5.95. The van der Waals surface area contributed by atoms with Gasteiger partial charge in [-0.05, 0) is 60.0 Å². The molecule has 0 radical (unpaired) electrons. The molecule has 0 spiro atoms. The molecule has 30 heavy (non-hydrogen) atoms. The summed E-state index contributed by atoms with van der Waals surface area (Å²) in [4.78, 5) is 28.1. The second-order valence-electron chi connectivity index (χ2n) is 7.77. The van der Waals surface area contributed by atoms with Crippen LogP contribution in [0.2, 0.25) is 0 Å². The molecular formula is C24H26FN2O3+. The van der Waals surface area contributed by atoms with Gasteiger partial charge in [0, 0.05) is 6.42 Å². The quantitative estimate of drug-likeness (QED) is 0.747. The zero-order valence-corrected chi connectivity index (χ0v) is 17.1. The van der Waals surface area contributed by atoms with Gasteiger partial charge in [-0.15, -0.1) is 0 Å². The molecule has 4 rings (SSSR count). The van der Waals surface area contributed by atoms with E-state index >= 15 is 0 Å². The Morgan fingerprint density at radius 2 is 1.83 bits per heavy atom. The van der Waals surface area contributed by atoms with Crippen molar-refractivity contribution in [2.75, 3.05) is 24.6 Å². The van der Waals surface area contributed by atoms with Crippen LogP contribution in [0, 0.1) is 5.82 Å². The summed E-state index contributed by atoms with van der Waals surface area (Å²) < 4.78 is 18.7. The van der Waals surface area contributed by atoms with E-state index in [1.54, 1.807) is 36.4 Å². The standard InChI is InChI=1S/C24H25FN2O3/c1-2-15-30-21-9-7-20(8-10-21)27-23(28)16-22(24(27)29)26-13-11-18(12-14-26)17-3-5-19(25)6-4-17/h3-11,22H,2,12-16H2,1H3/p+1/t22-/m0/s1. The number of hydrogen-bond donors (Lipinski definition) is 1. The molecule has 1 saturated heterocycles. The van der Waals surface area contributed by atoms with Gasteiger partial charge in [-0.3, -0.25) is 9.59 Å². The number of rotatable bonds is 6. The monoisotopic (exact) mass is 409 g/mol. The van der Waals surface area contributed by atoms with Crippen LogP contribution < -0.4 is 14.5 Å². The fourth-order valence-electron chi connectivity index (χ4n) is 4.13. The number of amides is 2. The van der Waals surface area contributed by atoms with Gasteiger partial charge in [0.15, 0.2) is 6.04 Å². The van der Waals surface area contributed by atoms with E-state index < -0.39 is 0 Å². The van der Waals surface area contributed by atoms with Crippen LogP contribution in [-0.4, -0.2) is 37.6 Å². The summed E-state index contributed by atoms with van der Waals surface area (Å²) >= 11 is 0. The number of quaternary nitrogens is 1. The third-order valence-electron chi connectivity index (χ3n) is 5.75. The topological polar surface area (TPSA) is 51.0 Å². The van der Waals surface area contributed by atoms with Crippen LogP contribution in [0.5, 0.6) is 5.75 Å². The lowest BCUT2D eigenvalue weighted by Crippen LogP contribution is -3.17. The van der Waals surface area contributed by atoms with Crippen molar-refractivity contribution >= 4 is 23.1 Å². The highest BCUT2D eigenvalue weighted by Gasteiger charge is 2.45. The highest BCUT2D eigenvalue weighted by molar-refractivity contribution is 6.21. The average Bonchev–Trinajstić information content (AvgIpc) is 3.07. The summed E-state index contributed by atoms with van der Waals surface area (Å²) in [5.74, 6) is 0.183. The first kappa shape index (κ1) is 20.3. The highest BCUT2D eigenvalue weighted by Crippen LogP contribution is 2.25. The smallest absolute Gasteiger partial charge is 0.292 e. The number of nitrogens with zero attached hydrogens (tertiary/aromatic N) is 1. The van der Waals surface area contributed by atoms with E-state index in [9.17, 15) is 14.0 Å². The second-order valence-corrected chi connectivity index (χ2v) is 7.77. The number of benzene rings is 2. The van der Waals surface area contributed by atoms with Gasteiger partial charge in [0.25, 0.3) is 5.91 Å². The lowest BCUT2D eigenvalue weighted by Gasteiger charge is -2.27. The van der Waals surface area contributed by atoms with Crippen molar-refractivity contribution in [2.45, 2.75) is 32.2 Å². The Balaban J connectivity index is 1.43. The van der Waals surface area contributed by atoms with E-state index in [0.29, 0.717) is 18.8 Å². The van der Waals surface area contributed by atoms with E-state index in [4.69, 9.17) is 4.74 Å². The molecule has 2 aromatic rings. The molecule has 0 saturated carbocycles. The Morgan fingerprint density at radius 1 is 1.10 bits per heavy atom. The first-order valence-electron chi connectivity index (χ1n) is 10.5. The summed E-state index contributed by atoms with van der Waals surface area (Å²) in [5.41, 5.74) is 2.77. The molecule has 0 bridgehead atoms. The Bertz CT molecular complexity index is 953. The molecule has 2 aliphatic rings. The summed E-state index contributed by atoms with van der Waals surface area (Å²) in [7, 11) is 0. The first-order chi connectivity index (χ1) is 14.6. The molecule has 0 aliphatic carbocycles. The summed E-state index contributed by atoms with van der Waals surface area (Å²) in [6.07, 6.45) is 4.04. The van der Waals surface area contributed by atoms with Crippen LogP contribution in [-0.2, 0) is 9.59 Å². The van der Waals surface area contributed by atoms with Crippen molar-refractivity contribution in [3.63, 3.8) is 0 Å². The van der Waals surface area contributed by atoms with Gasteiger partial charge >= 0.3 is 0 Å². The van der Waals surface area contributed by atoms with Gasteiger partial charge in [0.2, 0.25) is 5.91 Å². The molecule has 5 nitrogen and oxygen atoms in total. The minimum atomic E-state index is -0.362. The number of imide groups is 1. The molecule has 1 unspecified atom stereocenters. The summed E-state index contributed by atoms with van der Waals surface area (Å²) in [6, 6.07) is 13.3. The maximum atomic E-state index is 13.1. The first-order valence-corrected chi connectivity index (χ1v) is 10.5. The molecule has 1 N–H and O–H groups in total. The summed E-state index contributed by atoms with van der Waals surface area (Å²) in [5, 5.41) is 0. The molecule has 2 aliphatic heterocycles. The van der Waals surface area contributed by atoms with Crippen molar-refractivity contribution in [3.8, 4) is 5.75 Å². The Labute approximate surface area is 175 Å². The van der Waals surface area contributed by atoms with Crippen molar-refractivity contribution in [3.05, 3.63) is 66.0 Å². The molecule has 2 heterocycles. The highest BCUT2D eigenvalue weighted by atomic mass is 19.1. The predicted octanol–water partition coefficient (Wildman–Crippen LogP) is 2.62. The van der Waals surface area contributed by atoms with Gasteiger partial charge in [-0.2, -0.15) is 0 Å². The molecular weight excluding hydrogens is 383 g/mol. The molecule has 6 heteroatoms. The van der Waals surface area contributed by atoms with E-state index in [2.05, 4.69) is 6.08 Å². The van der Waals surface area contributed by atoms with Crippen LogP contribution in [0.1, 0.15) is 31.7 Å². The van der Waals surface area contributed by atoms with E-state index in [1.807, 2.05) is 6.92 Å². The van der Waals surface area contributed by atoms with Crippen LogP contribution in [0.3, 0.4) is 0 Å². The second kappa shape index (κ2) is 8.79. The van der Waals surface area contributed by atoms with Crippen molar-refractivity contribution in [1.29, 1.82) is 0 Å². The summed E-state index contributed by atoms with van der Waals surface area (Å²) in [6.45, 7) is 4.12. The predicted molar refractivity (Wildman–Crippen MR) is 113 cm³/mol. The van der Waals surface area contributed by atoms with Gasteiger partial charge in [0.05, 0.1) is 31.8 Å². The zero-order chi connectivity index (χ0) is 21.1. The number of carbonyl (C=O) groups excluding carboxylic acids is 2. The number of anilines is 1. The molecule has 2 aromatic carbocycles. The van der Waals surface area contributed by atoms with Crippen molar-refractivity contribution < 1.29 is 23.6 Å². The lowest BCUT2D eigenvalue weighted by atomic mass is 9.98. The van der Waals surface area contributed by atoms with Gasteiger partial charge in [-0.25, -0.2) is 9.29 Å². The number of halogens is 1. The number of ether oxygens (including phenoxy) is 1. The van der Waals surface area contributed by atoms with E-state index in [1.165, 1.54) is 17.0 Å². The number of nitrogens with one attached hydrogen (secondary N) is 1. The van der Waals surface area contributed by atoms with Gasteiger partial charge in [0.1, 0.15) is 11.6 Å². The van der Waals surface area contributed by atoms with Gasteiger partial charge in [-0.1, -0.05) is 19.1 Å². The largest absolute Gasteiger partial charge is 0.494 e. The van der Waals surface area contributed by atoms with Crippen molar-refractivity contribution in [2.24, 2.45) is 0 Å². The molecule has 1 fully saturated rings. The average molecular weight is 409 g/mol. The number of hydrogen-bond acceptors (Lipinski definition) is 3. The molecule has 2 atom stereocenters. The molecule has 156 valence electrons. The van der Waals surface area contributed by atoms with E-state index in [-0.39, 0.29) is 30.1 Å². The fourth-order valence-corrected chi connectivity index (χ4v) is 4.13. The van der Waals surface area contributed by atoms with Crippen molar-refractivity contribution in [1.82, 2.24) is 0 Å².